The van der Waals surface area contributed by atoms with Gasteiger partial charge < -0.3 is 15.7 Å². The minimum absolute atomic E-state index is 0.0827. The number of anilines is 1. The summed E-state index contributed by atoms with van der Waals surface area (Å²) in [6.07, 6.45) is 0. The van der Waals surface area contributed by atoms with Gasteiger partial charge in [0.05, 0.1) is 6.54 Å². The Morgan fingerprint density at radius 1 is 1.15 bits per heavy atom. The lowest BCUT2D eigenvalue weighted by atomic mass is 10.0. The average Bonchev–Trinajstić information content (AvgIpc) is 3.08. The fourth-order valence-corrected chi connectivity index (χ4v) is 3.85. The Labute approximate surface area is 166 Å². The van der Waals surface area contributed by atoms with Crippen molar-refractivity contribution in [2.24, 2.45) is 0 Å². The molecule has 0 aliphatic heterocycles. The number of thiophene rings is 1. The van der Waals surface area contributed by atoms with Crippen LogP contribution in [0.4, 0.5) is 5.69 Å². The summed E-state index contributed by atoms with van der Waals surface area (Å²) in [7, 11) is 0. The molecule has 1 aromatic heterocycles. The van der Waals surface area contributed by atoms with Crippen LogP contribution in [0.15, 0.2) is 48.5 Å². The lowest BCUT2D eigenvalue weighted by Crippen LogP contribution is -2.43. The molecule has 0 spiro atoms. The highest BCUT2D eigenvalue weighted by Crippen LogP contribution is 2.32. The Bertz CT molecular complexity index is 980. The molecule has 5 nitrogen and oxygen atoms in total. The van der Waals surface area contributed by atoms with Gasteiger partial charge in [-0.2, -0.15) is 0 Å². The lowest BCUT2D eigenvalue weighted by Gasteiger charge is -2.22. The molecule has 2 amide bonds. The molecular formula is C20H19ClN2O3S. The van der Waals surface area contributed by atoms with Crippen LogP contribution in [0, 0.1) is 6.92 Å². The normalized spacial score (nSPS) is 13.2. The maximum Gasteiger partial charge on any atom is 0.313 e. The van der Waals surface area contributed by atoms with Gasteiger partial charge in [0.25, 0.3) is 0 Å². The van der Waals surface area contributed by atoms with Gasteiger partial charge in [0.15, 0.2) is 0 Å². The fraction of sp³-hybridized carbons (Fsp3) is 0.200. The standard InChI is InChI=1S/C20H19ClN2O3S/c1-12-7-8-14(21)10-15(12)23-19(25)18(24)22-11-20(2,26)17-9-13-5-3-4-6-16(13)27-17/h3-10,26H,11H2,1-2H3,(H,22,24)(H,23,25). The van der Waals surface area contributed by atoms with Crippen LogP contribution in [0.2, 0.25) is 5.02 Å². The maximum absolute atomic E-state index is 12.1. The summed E-state index contributed by atoms with van der Waals surface area (Å²) in [5, 5.41) is 17.2. The van der Waals surface area contributed by atoms with Crippen molar-refractivity contribution in [2.45, 2.75) is 19.4 Å². The third kappa shape index (κ3) is 4.47. The summed E-state index contributed by atoms with van der Waals surface area (Å²) in [5.41, 5.74) is -0.0252. The first kappa shape index (κ1) is 19.4. The minimum atomic E-state index is -1.29. The molecule has 0 radical (unpaired) electrons. The Morgan fingerprint density at radius 3 is 2.63 bits per heavy atom. The van der Waals surface area contributed by atoms with E-state index >= 15 is 0 Å². The number of carbonyl (C=O) groups excluding carboxylic acids is 2. The number of amides is 2. The molecule has 7 heteroatoms. The molecule has 1 atom stereocenters. The van der Waals surface area contributed by atoms with Gasteiger partial charge in [0.2, 0.25) is 0 Å². The van der Waals surface area contributed by atoms with Crippen LogP contribution in [-0.4, -0.2) is 23.5 Å². The number of aryl methyl sites for hydroxylation is 1. The molecule has 27 heavy (non-hydrogen) atoms. The van der Waals surface area contributed by atoms with Crippen molar-refractivity contribution < 1.29 is 14.7 Å². The second-order valence-corrected chi connectivity index (χ2v) is 8.04. The fourth-order valence-electron chi connectivity index (χ4n) is 2.58. The first-order valence-corrected chi connectivity index (χ1v) is 9.52. The summed E-state index contributed by atoms with van der Waals surface area (Å²) in [4.78, 5) is 25.0. The maximum atomic E-state index is 12.1. The summed E-state index contributed by atoms with van der Waals surface area (Å²) >= 11 is 7.37. The highest BCUT2D eigenvalue weighted by Gasteiger charge is 2.27. The van der Waals surface area contributed by atoms with Crippen LogP contribution < -0.4 is 10.6 Å². The molecule has 0 bridgehead atoms. The summed E-state index contributed by atoms with van der Waals surface area (Å²) < 4.78 is 1.05. The first-order chi connectivity index (χ1) is 12.8. The quantitative estimate of drug-likeness (QED) is 0.580. The van der Waals surface area contributed by atoms with Gasteiger partial charge in [-0.1, -0.05) is 35.9 Å². The Kier molecular flexibility index (Phi) is 5.51. The van der Waals surface area contributed by atoms with Crippen LogP contribution in [0.5, 0.6) is 0 Å². The molecule has 0 saturated carbocycles. The van der Waals surface area contributed by atoms with Crippen LogP contribution in [0.25, 0.3) is 10.1 Å². The molecule has 140 valence electrons. The summed E-state index contributed by atoms with van der Waals surface area (Å²) in [6.45, 7) is 3.33. The van der Waals surface area contributed by atoms with Crippen molar-refractivity contribution in [3.63, 3.8) is 0 Å². The highest BCUT2D eigenvalue weighted by molar-refractivity contribution is 7.19. The molecule has 3 rings (SSSR count). The van der Waals surface area contributed by atoms with E-state index in [1.165, 1.54) is 11.3 Å². The van der Waals surface area contributed by atoms with Crippen LogP contribution >= 0.6 is 22.9 Å². The molecule has 3 N–H and O–H groups in total. The molecule has 1 unspecified atom stereocenters. The number of halogens is 1. The molecule has 1 heterocycles. The van der Waals surface area contributed by atoms with Crippen LogP contribution in [0.3, 0.4) is 0 Å². The van der Waals surface area contributed by atoms with Crippen LogP contribution in [0.1, 0.15) is 17.4 Å². The molecule has 0 aliphatic rings. The Hall–Kier alpha value is -2.41. The van der Waals surface area contributed by atoms with Crippen molar-refractivity contribution >= 4 is 50.5 Å². The van der Waals surface area contributed by atoms with E-state index < -0.39 is 17.4 Å². The van der Waals surface area contributed by atoms with Crippen molar-refractivity contribution in [2.75, 3.05) is 11.9 Å². The number of nitrogens with one attached hydrogen (secondary N) is 2. The zero-order valence-corrected chi connectivity index (χ0v) is 16.4. The molecule has 2 aromatic carbocycles. The topological polar surface area (TPSA) is 78.4 Å². The van der Waals surface area contributed by atoms with Gasteiger partial charge in [-0.15, -0.1) is 11.3 Å². The largest absolute Gasteiger partial charge is 0.383 e. The number of benzene rings is 2. The Balaban J connectivity index is 1.65. The van der Waals surface area contributed by atoms with E-state index in [4.69, 9.17) is 11.6 Å². The van der Waals surface area contributed by atoms with Gasteiger partial charge in [-0.05, 0) is 49.1 Å². The molecular weight excluding hydrogens is 384 g/mol. The monoisotopic (exact) mass is 402 g/mol. The van der Waals surface area contributed by atoms with Gasteiger partial charge >= 0.3 is 11.8 Å². The molecule has 3 aromatic rings. The highest BCUT2D eigenvalue weighted by atomic mass is 35.5. The van der Waals surface area contributed by atoms with Gasteiger partial charge in [-0.25, -0.2) is 0 Å². The van der Waals surface area contributed by atoms with Gasteiger partial charge in [0, 0.05) is 20.3 Å². The predicted octanol–water partition coefficient (Wildman–Crippen LogP) is 3.83. The zero-order valence-electron chi connectivity index (χ0n) is 14.9. The zero-order chi connectivity index (χ0) is 19.6. The van der Waals surface area contributed by atoms with Crippen molar-refractivity contribution in [3.8, 4) is 0 Å². The lowest BCUT2D eigenvalue weighted by molar-refractivity contribution is -0.136. The summed E-state index contributed by atoms with van der Waals surface area (Å²) in [5.74, 6) is -1.64. The van der Waals surface area contributed by atoms with Crippen molar-refractivity contribution in [3.05, 3.63) is 64.0 Å². The van der Waals surface area contributed by atoms with E-state index in [0.717, 1.165) is 20.5 Å². The van der Waals surface area contributed by atoms with Gasteiger partial charge in [0.1, 0.15) is 5.60 Å². The third-order valence-electron chi connectivity index (χ3n) is 4.20. The van der Waals surface area contributed by atoms with E-state index in [2.05, 4.69) is 10.6 Å². The summed E-state index contributed by atoms with van der Waals surface area (Å²) in [6, 6.07) is 14.7. The van der Waals surface area contributed by atoms with Crippen LogP contribution in [-0.2, 0) is 15.2 Å². The number of aliphatic hydroxyl groups is 1. The molecule has 0 saturated heterocycles. The van der Waals surface area contributed by atoms with Crippen molar-refractivity contribution in [1.29, 1.82) is 0 Å². The van der Waals surface area contributed by atoms with Crippen molar-refractivity contribution in [1.82, 2.24) is 5.32 Å². The number of hydrogen-bond acceptors (Lipinski definition) is 4. The van der Waals surface area contributed by atoms with E-state index in [-0.39, 0.29) is 6.54 Å². The van der Waals surface area contributed by atoms with Gasteiger partial charge in [-0.3, -0.25) is 9.59 Å². The smallest absolute Gasteiger partial charge is 0.313 e. The minimum Gasteiger partial charge on any atom is -0.383 e. The SMILES string of the molecule is Cc1ccc(Cl)cc1NC(=O)C(=O)NCC(C)(O)c1cc2ccccc2s1. The number of rotatable bonds is 4. The molecule has 0 aliphatic carbocycles. The molecule has 0 fully saturated rings. The van der Waals surface area contributed by atoms with E-state index in [9.17, 15) is 14.7 Å². The first-order valence-electron chi connectivity index (χ1n) is 8.33. The third-order valence-corrected chi connectivity index (χ3v) is 5.81. The number of hydrogen-bond donors (Lipinski definition) is 3. The van der Waals surface area contributed by atoms with E-state index in [0.29, 0.717) is 10.7 Å². The number of fused-ring (bicyclic) bond motifs is 1. The van der Waals surface area contributed by atoms with E-state index in [1.54, 1.807) is 32.0 Å². The number of carbonyl (C=O) groups is 2. The van der Waals surface area contributed by atoms with E-state index in [1.807, 2.05) is 30.3 Å². The average molecular weight is 403 g/mol. The second-order valence-electron chi connectivity index (χ2n) is 6.52. The Morgan fingerprint density at radius 2 is 1.89 bits per heavy atom. The predicted molar refractivity (Wildman–Crippen MR) is 109 cm³/mol. The second kappa shape index (κ2) is 7.68.